The van der Waals surface area contributed by atoms with Crippen molar-refractivity contribution in [2.24, 2.45) is 5.92 Å². The summed E-state index contributed by atoms with van der Waals surface area (Å²) in [7, 11) is 0. The molecule has 37 heavy (non-hydrogen) atoms. The molecule has 9 heteroatoms. The first-order chi connectivity index (χ1) is 17.7. The van der Waals surface area contributed by atoms with E-state index in [0.717, 1.165) is 0 Å². The number of amides is 1. The van der Waals surface area contributed by atoms with E-state index < -0.39 is 17.2 Å². The maximum atomic E-state index is 13.7. The minimum Gasteiger partial charge on any atom is -0.331 e. The van der Waals surface area contributed by atoms with Crippen LogP contribution in [0.3, 0.4) is 0 Å². The first kappa shape index (κ1) is 26.7. The van der Waals surface area contributed by atoms with Crippen LogP contribution in [0, 0.1) is 5.92 Å². The van der Waals surface area contributed by atoms with Gasteiger partial charge in [0.15, 0.2) is 5.78 Å². The van der Waals surface area contributed by atoms with Crippen LogP contribution < -0.4 is 5.56 Å². The first-order valence-corrected chi connectivity index (χ1v) is 12.7. The molecule has 0 spiro atoms. The van der Waals surface area contributed by atoms with Crippen molar-refractivity contribution in [1.29, 1.82) is 0 Å². The number of carbonyl (C=O) groups is 2. The number of benzene rings is 3. The van der Waals surface area contributed by atoms with Gasteiger partial charge in [0.25, 0.3) is 11.5 Å². The van der Waals surface area contributed by atoms with E-state index in [2.05, 4.69) is 5.10 Å². The molecule has 0 bridgehead atoms. The zero-order valence-electron chi connectivity index (χ0n) is 20.2. The topological polar surface area (TPSA) is 75.2 Å². The molecule has 1 N–H and O–H groups in total. The maximum absolute atomic E-state index is 13.7. The minimum absolute atomic E-state index is 0.0371. The number of aromatic amines is 1. The summed E-state index contributed by atoms with van der Waals surface area (Å²) >= 11 is 18.3. The Kier molecular flexibility index (Phi) is 8.22. The molecule has 0 aliphatic rings. The number of ketones is 1. The molecule has 0 atom stereocenters. The van der Waals surface area contributed by atoms with E-state index in [-0.39, 0.29) is 28.6 Å². The van der Waals surface area contributed by atoms with Gasteiger partial charge in [0.2, 0.25) is 0 Å². The van der Waals surface area contributed by atoms with Crippen LogP contribution >= 0.6 is 34.8 Å². The molecule has 0 fully saturated rings. The summed E-state index contributed by atoms with van der Waals surface area (Å²) < 4.78 is 1.30. The highest BCUT2D eigenvalue weighted by atomic mass is 35.5. The molecule has 190 valence electrons. The molecule has 0 saturated heterocycles. The fourth-order valence-corrected chi connectivity index (χ4v) is 4.64. The third-order valence-corrected chi connectivity index (χ3v) is 6.49. The third-order valence-electron chi connectivity index (χ3n) is 5.69. The zero-order chi connectivity index (χ0) is 26.7. The van der Waals surface area contributed by atoms with Gasteiger partial charge in [-0.1, -0.05) is 79.0 Å². The summed E-state index contributed by atoms with van der Waals surface area (Å²) in [4.78, 5) is 42.1. The van der Waals surface area contributed by atoms with Gasteiger partial charge in [-0.2, -0.15) is 0 Å². The summed E-state index contributed by atoms with van der Waals surface area (Å²) in [5.74, 6) is -0.848. The van der Waals surface area contributed by atoms with Gasteiger partial charge < -0.3 is 4.90 Å². The van der Waals surface area contributed by atoms with Crippen molar-refractivity contribution in [3.63, 3.8) is 0 Å². The number of hydrogen-bond acceptors (Lipinski definition) is 3. The number of H-pyrrole nitrogens is 1. The lowest BCUT2D eigenvalue weighted by Gasteiger charge is -2.24. The molecule has 3 aromatic carbocycles. The SMILES string of the molecule is CC(C)CN(CC(=O)c1c(-c2ccccc2)[nH]n(-c2ccc(Cl)cc2)c1=O)C(=O)c1ccc(Cl)cc1Cl. The van der Waals surface area contributed by atoms with E-state index in [1.165, 1.54) is 21.7 Å². The first-order valence-electron chi connectivity index (χ1n) is 11.6. The second kappa shape index (κ2) is 11.4. The lowest BCUT2D eigenvalue weighted by Crippen LogP contribution is -2.39. The molecule has 0 radical (unpaired) electrons. The van der Waals surface area contributed by atoms with Crippen molar-refractivity contribution in [3.05, 3.63) is 109 Å². The number of halogens is 3. The molecule has 0 aliphatic carbocycles. The normalized spacial score (nSPS) is 11.1. The Labute approximate surface area is 229 Å². The van der Waals surface area contributed by atoms with Gasteiger partial charge in [0.05, 0.1) is 28.5 Å². The smallest absolute Gasteiger partial charge is 0.282 e. The number of aromatic nitrogens is 2. The van der Waals surface area contributed by atoms with Crippen LogP contribution in [0.2, 0.25) is 15.1 Å². The van der Waals surface area contributed by atoms with Crippen molar-refractivity contribution in [3.8, 4) is 16.9 Å². The van der Waals surface area contributed by atoms with Gasteiger partial charge >= 0.3 is 0 Å². The highest BCUT2D eigenvalue weighted by molar-refractivity contribution is 6.36. The van der Waals surface area contributed by atoms with E-state index in [4.69, 9.17) is 34.8 Å². The number of nitrogens with one attached hydrogen (secondary N) is 1. The number of Topliss-reactive ketones (excluding diaryl/α,β-unsaturated/α-hetero) is 1. The van der Waals surface area contributed by atoms with Crippen LogP contribution in [0.15, 0.2) is 77.6 Å². The summed E-state index contributed by atoms with van der Waals surface area (Å²) in [5, 5.41) is 4.18. The number of carbonyl (C=O) groups excluding carboxylic acids is 2. The molecule has 0 saturated carbocycles. The molecule has 6 nitrogen and oxygen atoms in total. The highest BCUT2D eigenvalue weighted by Gasteiger charge is 2.28. The standard InChI is InChI=1S/C28H24Cl3N3O3/c1-17(2)15-33(27(36)22-13-10-20(30)14-23(22)31)16-24(35)25-26(18-6-4-3-5-7-18)32-34(28(25)37)21-11-8-19(29)9-12-21/h3-14,17,32H,15-16H2,1-2H3. The summed E-state index contributed by atoms with van der Waals surface area (Å²) in [6.07, 6.45) is 0. The van der Waals surface area contributed by atoms with Gasteiger partial charge in [0.1, 0.15) is 5.56 Å². The van der Waals surface area contributed by atoms with Gasteiger partial charge in [-0.15, -0.1) is 0 Å². The molecule has 4 rings (SSSR count). The molecule has 1 aromatic heterocycles. The van der Waals surface area contributed by atoms with E-state index in [1.807, 2.05) is 32.0 Å². The Bertz CT molecular complexity index is 1490. The van der Waals surface area contributed by atoms with Crippen LogP contribution in [-0.4, -0.2) is 39.5 Å². The maximum Gasteiger partial charge on any atom is 0.282 e. The average Bonchev–Trinajstić information content (AvgIpc) is 3.21. The zero-order valence-corrected chi connectivity index (χ0v) is 22.4. The van der Waals surface area contributed by atoms with Gasteiger partial charge in [0, 0.05) is 22.2 Å². The van der Waals surface area contributed by atoms with Crippen molar-refractivity contribution in [2.45, 2.75) is 13.8 Å². The highest BCUT2D eigenvalue weighted by Crippen LogP contribution is 2.25. The number of hydrogen-bond donors (Lipinski definition) is 1. The monoisotopic (exact) mass is 555 g/mol. The van der Waals surface area contributed by atoms with E-state index in [0.29, 0.717) is 33.5 Å². The van der Waals surface area contributed by atoms with Crippen molar-refractivity contribution in [1.82, 2.24) is 14.7 Å². The van der Waals surface area contributed by atoms with Crippen LogP contribution in [0.5, 0.6) is 0 Å². The van der Waals surface area contributed by atoms with Crippen LogP contribution in [0.1, 0.15) is 34.6 Å². The number of nitrogens with zero attached hydrogens (tertiary/aromatic N) is 2. The fourth-order valence-electron chi connectivity index (χ4n) is 4.03. The minimum atomic E-state index is -0.521. The largest absolute Gasteiger partial charge is 0.331 e. The Morgan fingerprint density at radius 3 is 2.19 bits per heavy atom. The van der Waals surface area contributed by atoms with Crippen LogP contribution in [-0.2, 0) is 0 Å². The fraction of sp³-hybridized carbons (Fsp3) is 0.179. The summed E-state index contributed by atoms with van der Waals surface area (Å²) in [5.41, 5.74) is 1.23. The quantitative estimate of drug-likeness (QED) is 0.243. The predicted molar refractivity (Wildman–Crippen MR) is 148 cm³/mol. The Morgan fingerprint density at radius 1 is 0.919 bits per heavy atom. The van der Waals surface area contributed by atoms with Gasteiger partial charge in [-0.25, -0.2) is 4.68 Å². The summed E-state index contributed by atoms with van der Waals surface area (Å²) in [6.45, 7) is 3.87. The van der Waals surface area contributed by atoms with E-state index >= 15 is 0 Å². The molecule has 0 unspecified atom stereocenters. The van der Waals surface area contributed by atoms with Crippen molar-refractivity contribution < 1.29 is 9.59 Å². The lowest BCUT2D eigenvalue weighted by atomic mass is 10.0. The second-order valence-corrected chi connectivity index (χ2v) is 10.3. The van der Waals surface area contributed by atoms with E-state index in [1.54, 1.807) is 42.5 Å². The van der Waals surface area contributed by atoms with Crippen LogP contribution in [0.4, 0.5) is 0 Å². The Balaban J connectivity index is 1.77. The van der Waals surface area contributed by atoms with Gasteiger partial charge in [-0.05, 0) is 48.4 Å². The molecule has 0 aliphatic heterocycles. The predicted octanol–water partition coefficient (Wildman–Crippen LogP) is 6.77. The average molecular weight is 557 g/mol. The Morgan fingerprint density at radius 2 is 1.57 bits per heavy atom. The van der Waals surface area contributed by atoms with Crippen molar-refractivity contribution >= 4 is 46.5 Å². The van der Waals surface area contributed by atoms with E-state index in [9.17, 15) is 14.4 Å². The molecular weight excluding hydrogens is 533 g/mol. The third kappa shape index (κ3) is 5.99. The van der Waals surface area contributed by atoms with Gasteiger partial charge in [-0.3, -0.25) is 19.5 Å². The van der Waals surface area contributed by atoms with Crippen molar-refractivity contribution in [2.75, 3.05) is 13.1 Å². The Hall–Kier alpha value is -3.32. The molecule has 4 aromatic rings. The summed E-state index contributed by atoms with van der Waals surface area (Å²) in [6, 6.07) is 20.4. The molecule has 1 amide bonds. The lowest BCUT2D eigenvalue weighted by molar-refractivity contribution is 0.0691. The molecule has 1 heterocycles. The number of rotatable bonds is 8. The second-order valence-electron chi connectivity index (χ2n) is 8.97. The molecular formula is C28H24Cl3N3O3. The van der Waals surface area contributed by atoms with Crippen LogP contribution in [0.25, 0.3) is 16.9 Å².